The second kappa shape index (κ2) is 9.36. The molecule has 36 heavy (non-hydrogen) atoms. The summed E-state index contributed by atoms with van der Waals surface area (Å²) in [6.45, 7) is 0.430. The summed E-state index contributed by atoms with van der Waals surface area (Å²) in [7, 11) is 0. The van der Waals surface area contributed by atoms with Crippen LogP contribution in [0.25, 0.3) is 0 Å². The molecule has 3 amide bonds. The molecule has 5 heterocycles. The summed E-state index contributed by atoms with van der Waals surface area (Å²) in [5.41, 5.74) is 5.72. The number of nitrogen functional groups attached to an aromatic ring is 1. The Morgan fingerprint density at radius 1 is 1.31 bits per heavy atom. The molecular formula is C20H17N7O6S3. The van der Waals surface area contributed by atoms with Gasteiger partial charge in [0, 0.05) is 34.8 Å². The summed E-state index contributed by atoms with van der Waals surface area (Å²) in [4.78, 5) is 61.2. The van der Waals surface area contributed by atoms with Crippen LogP contribution in [0.15, 0.2) is 45.0 Å². The number of fused-ring (bicyclic) bond motifs is 1. The third-order valence-corrected chi connectivity index (χ3v) is 8.46. The smallest absolute Gasteiger partial charge is 0.352 e. The molecule has 2 fully saturated rings. The number of thiazole rings is 2. The Morgan fingerprint density at radius 3 is 2.75 bits per heavy atom. The molecule has 0 aromatic carbocycles. The van der Waals surface area contributed by atoms with Gasteiger partial charge in [-0.05, 0) is 18.1 Å². The molecular weight excluding hydrogens is 530 g/mol. The number of allylic oxidation sites excluding steroid dienone is 1. The van der Waals surface area contributed by atoms with E-state index in [9.17, 15) is 29.5 Å². The van der Waals surface area contributed by atoms with Crippen molar-refractivity contribution in [2.45, 2.75) is 17.8 Å². The molecule has 0 unspecified atom stereocenters. The van der Waals surface area contributed by atoms with Crippen LogP contribution in [-0.4, -0.2) is 78.3 Å². The largest absolute Gasteiger partial charge is 0.477 e. The summed E-state index contributed by atoms with van der Waals surface area (Å²) in [5.74, 6) is -2.85. The Kier molecular flexibility index (Phi) is 6.23. The number of nitrogens with zero attached hydrogens (tertiary/aromatic N) is 5. The van der Waals surface area contributed by atoms with Crippen molar-refractivity contribution >= 4 is 74.1 Å². The van der Waals surface area contributed by atoms with Gasteiger partial charge in [-0.25, -0.2) is 14.8 Å². The minimum atomic E-state index is -1.32. The van der Waals surface area contributed by atoms with E-state index >= 15 is 0 Å². The zero-order chi connectivity index (χ0) is 25.6. The number of rotatable bonds is 6. The molecule has 2 saturated heterocycles. The molecule has 2 atom stereocenters. The molecule has 5 rings (SSSR count). The minimum Gasteiger partial charge on any atom is -0.477 e. The second-order valence-corrected chi connectivity index (χ2v) is 10.6. The van der Waals surface area contributed by atoms with E-state index in [-0.39, 0.29) is 28.2 Å². The lowest BCUT2D eigenvalue weighted by Gasteiger charge is -2.49. The van der Waals surface area contributed by atoms with Gasteiger partial charge in [-0.1, -0.05) is 5.16 Å². The first-order chi connectivity index (χ1) is 17.3. The number of aliphatic carboxylic acids is 1. The molecule has 16 heteroatoms. The van der Waals surface area contributed by atoms with Crippen molar-refractivity contribution in [3.63, 3.8) is 0 Å². The number of anilines is 2. The summed E-state index contributed by atoms with van der Waals surface area (Å²) >= 11 is 3.63. The molecule has 0 aliphatic carbocycles. The standard InChI is InChI=1S/C20H17N7O6S3/c21-19-23-10(7-36-19)11(25-33)14(28)24-12-16(30)27-13(18(31)32)9(6-35-17(12)27)5-8-1-3-26(15(8)29)20-22-2-4-34-20/h2,4-5,7,12,17,33H,1,3,6H2,(H2,21,23)(H,24,28)(H,31,32)/t12-,17-/m1/s1. The predicted molar refractivity (Wildman–Crippen MR) is 132 cm³/mol. The van der Waals surface area contributed by atoms with E-state index < -0.39 is 34.9 Å². The van der Waals surface area contributed by atoms with Crippen LogP contribution in [0.2, 0.25) is 0 Å². The van der Waals surface area contributed by atoms with Gasteiger partial charge >= 0.3 is 5.97 Å². The molecule has 186 valence electrons. The Hall–Kier alpha value is -3.76. The van der Waals surface area contributed by atoms with E-state index in [0.717, 1.165) is 16.2 Å². The number of thioether (sulfide) groups is 1. The lowest BCUT2D eigenvalue weighted by molar-refractivity contribution is -0.150. The van der Waals surface area contributed by atoms with E-state index in [0.29, 0.717) is 29.2 Å². The maximum absolute atomic E-state index is 12.9. The zero-order valence-electron chi connectivity index (χ0n) is 18.2. The quantitative estimate of drug-likeness (QED) is 0.130. The number of carboxylic acids is 1. The topological polar surface area (TPSA) is 191 Å². The Labute approximate surface area is 215 Å². The van der Waals surface area contributed by atoms with Crippen LogP contribution >= 0.6 is 34.4 Å². The molecule has 5 N–H and O–H groups in total. The summed E-state index contributed by atoms with van der Waals surface area (Å²) in [6, 6.07) is -1.03. The van der Waals surface area contributed by atoms with Gasteiger partial charge < -0.3 is 21.4 Å². The molecule has 0 bridgehead atoms. The molecule has 2 aromatic rings. The fraction of sp³-hybridized carbons (Fsp3) is 0.250. The molecule has 0 saturated carbocycles. The van der Waals surface area contributed by atoms with E-state index in [4.69, 9.17) is 5.73 Å². The first kappa shape index (κ1) is 24.0. The van der Waals surface area contributed by atoms with E-state index in [2.05, 4.69) is 20.4 Å². The van der Waals surface area contributed by atoms with Crippen molar-refractivity contribution in [2.75, 3.05) is 22.9 Å². The number of hydrogen-bond acceptors (Lipinski definition) is 12. The predicted octanol–water partition coefficient (Wildman–Crippen LogP) is 0.462. The Morgan fingerprint density at radius 2 is 2.11 bits per heavy atom. The molecule has 0 spiro atoms. The van der Waals surface area contributed by atoms with Crippen LogP contribution in [0.3, 0.4) is 0 Å². The van der Waals surface area contributed by atoms with Gasteiger partial charge in [0.05, 0.1) is 0 Å². The number of hydrogen-bond donors (Lipinski definition) is 4. The highest BCUT2D eigenvalue weighted by molar-refractivity contribution is 8.00. The highest BCUT2D eigenvalue weighted by Crippen LogP contribution is 2.41. The zero-order valence-corrected chi connectivity index (χ0v) is 20.6. The number of nitrogens with one attached hydrogen (secondary N) is 1. The second-order valence-electron chi connectivity index (χ2n) is 7.75. The van der Waals surface area contributed by atoms with Crippen LogP contribution in [0.5, 0.6) is 0 Å². The van der Waals surface area contributed by atoms with Crippen molar-refractivity contribution in [1.82, 2.24) is 20.2 Å². The number of amides is 3. The van der Waals surface area contributed by atoms with Crippen LogP contribution in [0.4, 0.5) is 10.3 Å². The van der Waals surface area contributed by atoms with Gasteiger partial charge in [-0.3, -0.25) is 24.2 Å². The van der Waals surface area contributed by atoms with Crippen molar-refractivity contribution < 1.29 is 29.5 Å². The van der Waals surface area contributed by atoms with Gasteiger partial charge in [0.25, 0.3) is 17.7 Å². The Balaban J connectivity index is 1.35. The normalized spacial score (nSPS) is 23.2. The first-order valence-corrected chi connectivity index (χ1v) is 13.2. The van der Waals surface area contributed by atoms with Gasteiger partial charge in [0.1, 0.15) is 22.8 Å². The van der Waals surface area contributed by atoms with E-state index in [1.807, 2.05) is 0 Å². The highest BCUT2D eigenvalue weighted by Gasteiger charge is 2.54. The number of carbonyl (C=O) groups is 4. The Bertz CT molecular complexity index is 1370. The summed E-state index contributed by atoms with van der Waals surface area (Å²) in [5, 5.41) is 27.9. The van der Waals surface area contributed by atoms with Crippen LogP contribution < -0.4 is 16.0 Å². The van der Waals surface area contributed by atoms with Gasteiger partial charge in [0.2, 0.25) is 0 Å². The lowest BCUT2D eigenvalue weighted by atomic mass is 10.0. The van der Waals surface area contributed by atoms with Crippen molar-refractivity contribution in [3.8, 4) is 0 Å². The molecule has 3 aliphatic heterocycles. The third-order valence-electron chi connectivity index (χ3n) is 5.69. The number of oxime groups is 1. The molecule has 0 radical (unpaired) electrons. The minimum absolute atomic E-state index is 0.0467. The van der Waals surface area contributed by atoms with Crippen molar-refractivity contribution in [3.05, 3.63) is 45.6 Å². The average Bonchev–Trinajstić information content (AvgIpc) is 3.60. The monoisotopic (exact) mass is 547 g/mol. The molecule has 2 aromatic heterocycles. The maximum atomic E-state index is 12.9. The van der Waals surface area contributed by atoms with Gasteiger partial charge in [-0.2, -0.15) is 0 Å². The van der Waals surface area contributed by atoms with E-state index in [1.54, 1.807) is 11.6 Å². The van der Waals surface area contributed by atoms with Crippen LogP contribution in [-0.2, 0) is 19.2 Å². The van der Waals surface area contributed by atoms with Crippen LogP contribution in [0, 0.1) is 0 Å². The number of nitrogens with two attached hydrogens (primary N) is 1. The highest BCUT2D eigenvalue weighted by atomic mass is 32.2. The number of β-lactam (4-membered cyclic amide) rings is 1. The number of carbonyl (C=O) groups excluding carboxylic acids is 3. The van der Waals surface area contributed by atoms with Crippen LogP contribution in [0.1, 0.15) is 12.1 Å². The average molecular weight is 548 g/mol. The fourth-order valence-corrected chi connectivity index (χ4v) is 6.58. The summed E-state index contributed by atoms with van der Waals surface area (Å²) < 4.78 is 0. The molecule has 13 nitrogen and oxygen atoms in total. The SMILES string of the molecule is Nc1nc(C(=NO)C(=O)N[C@@H]2C(=O)N3C(C(=O)O)=C(C=C4CCN(c5nccs5)C4=O)CS[C@H]23)cs1. The number of aromatic nitrogens is 2. The molecule has 3 aliphatic rings. The van der Waals surface area contributed by atoms with Crippen molar-refractivity contribution in [2.24, 2.45) is 5.16 Å². The third kappa shape index (κ3) is 4.02. The fourth-order valence-electron chi connectivity index (χ4n) is 4.06. The maximum Gasteiger partial charge on any atom is 0.352 e. The lowest BCUT2D eigenvalue weighted by Crippen LogP contribution is -2.71. The number of carboxylic acid groups (broad SMARTS) is 1. The van der Waals surface area contributed by atoms with Gasteiger partial charge in [-0.15, -0.1) is 34.4 Å². The summed E-state index contributed by atoms with van der Waals surface area (Å²) in [6.07, 6.45) is 3.55. The first-order valence-electron chi connectivity index (χ1n) is 10.4. The van der Waals surface area contributed by atoms with Crippen molar-refractivity contribution in [1.29, 1.82) is 0 Å². The van der Waals surface area contributed by atoms with Gasteiger partial charge in [0.15, 0.2) is 16.0 Å². The van der Waals surface area contributed by atoms with E-state index in [1.165, 1.54) is 39.5 Å².